The largest absolute Gasteiger partial charge is 0.364 e. The summed E-state index contributed by atoms with van der Waals surface area (Å²) in [7, 11) is 1.55. The van der Waals surface area contributed by atoms with Crippen molar-refractivity contribution < 1.29 is 9.53 Å². The fourth-order valence-corrected chi connectivity index (χ4v) is 1.58. The molecule has 0 aromatic heterocycles. The van der Waals surface area contributed by atoms with Crippen molar-refractivity contribution >= 4 is 23.2 Å². The van der Waals surface area contributed by atoms with E-state index < -0.39 is 5.38 Å². The second-order valence-corrected chi connectivity index (χ2v) is 4.24. The smallest absolute Gasteiger partial charge is 0.246 e. The van der Waals surface area contributed by atoms with Crippen LogP contribution in [0.5, 0.6) is 0 Å². The van der Waals surface area contributed by atoms with Gasteiger partial charge in [0.15, 0.2) is 0 Å². The van der Waals surface area contributed by atoms with E-state index in [0.29, 0.717) is 0 Å². The van der Waals surface area contributed by atoms with Crippen molar-refractivity contribution in [3.63, 3.8) is 0 Å². The van der Waals surface area contributed by atoms with Gasteiger partial charge in [0.1, 0.15) is 12.1 Å². The van der Waals surface area contributed by atoms with Crippen molar-refractivity contribution in [1.82, 2.24) is 0 Å². The van der Waals surface area contributed by atoms with E-state index in [1.165, 1.54) is 0 Å². The molecule has 0 N–H and O–H groups in total. The number of hydrogen-bond acceptors (Lipinski definition) is 2. The third-order valence-corrected chi connectivity index (χ3v) is 2.46. The minimum Gasteiger partial charge on any atom is -0.364 e. The molecule has 0 aliphatic rings. The summed E-state index contributed by atoms with van der Waals surface area (Å²) < 4.78 is 5.03. The summed E-state index contributed by atoms with van der Waals surface area (Å²) in [5.74, 6) is -0.155. The van der Waals surface area contributed by atoms with E-state index in [4.69, 9.17) is 16.3 Å². The number of hydrogen-bond donors (Lipinski definition) is 0. The minimum absolute atomic E-state index is 0.155. The lowest BCUT2D eigenvalue weighted by atomic mass is 10.2. The van der Waals surface area contributed by atoms with Gasteiger partial charge in [0, 0.05) is 12.8 Å². The standard InChI is InChI=1S/C12H16ClNO2/c1-9-6-4-5-7-11(9)14(8-16-3)12(15)10(2)13/h4-7,10H,8H2,1-3H3. The van der Waals surface area contributed by atoms with Gasteiger partial charge in [-0.1, -0.05) is 18.2 Å². The van der Waals surface area contributed by atoms with E-state index in [0.717, 1.165) is 11.3 Å². The maximum Gasteiger partial charge on any atom is 0.246 e. The third kappa shape index (κ3) is 2.97. The molecule has 4 heteroatoms. The Kier molecular flexibility index (Phi) is 4.77. The van der Waals surface area contributed by atoms with Crippen molar-refractivity contribution in [2.45, 2.75) is 19.2 Å². The SMILES string of the molecule is COCN(C(=O)C(C)Cl)c1ccccc1C. The molecule has 0 bridgehead atoms. The van der Waals surface area contributed by atoms with E-state index >= 15 is 0 Å². The van der Waals surface area contributed by atoms with Crippen LogP contribution in [0, 0.1) is 6.92 Å². The van der Waals surface area contributed by atoms with Gasteiger partial charge in [-0.2, -0.15) is 0 Å². The highest BCUT2D eigenvalue weighted by molar-refractivity contribution is 6.32. The Morgan fingerprint density at radius 1 is 1.50 bits per heavy atom. The van der Waals surface area contributed by atoms with E-state index in [9.17, 15) is 4.79 Å². The molecule has 1 rings (SSSR count). The molecule has 1 aromatic rings. The average molecular weight is 242 g/mol. The summed E-state index contributed by atoms with van der Waals surface area (Å²) >= 11 is 5.81. The van der Waals surface area contributed by atoms with Gasteiger partial charge in [0.25, 0.3) is 0 Å². The maximum atomic E-state index is 11.9. The highest BCUT2D eigenvalue weighted by atomic mass is 35.5. The van der Waals surface area contributed by atoms with Crippen LogP contribution in [0.2, 0.25) is 0 Å². The topological polar surface area (TPSA) is 29.5 Å². The van der Waals surface area contributed by atoms with Gasteiger partial charge >= 0.3 is 0 Å². The Hall–Kier alpha value is -1.06. The van der Waals surface area contributed by atoms with E-state index in [-0.39, 0.29) is 12.6 Å². The van der Waals surface area contributed by atoms with Crippen LogP contribution >= 0.6 is 11.6 Å². The fourth-order valence-electron chi connectivity index (χ4n) is 1.46. The van der Waals surface area contributed by atoms with Gasteiger partial charge in [-0.15, -0.1) is 11.6 Å². The lowest BCUT2D eigenvalue weighted by molar-refractivity contribution is -0.119. The lowest BCUT2D eigenvalue weighted by Crippen LogP contribution is -2.37. The van der Waals surface area contributed by atoms with Crippen LogP contribution in [-0.2, 0) is 9.53 Å². The molecule has 0 saturated carbocycles. The summed E-state index contributed by atoms with van der Waals surface area (Å²) in [6.45, 7) is 3.82. The predicted molar refractivity (Wildman–Crippen MR) is 65.9 cm³/mol. The molecule has 1 amide bonds. The first-order valence-electron chi connectivity index (χ1n) is 5.08. The number of ether oxygens (including phenoxy) is 1. The second kappa shape index (κ2) is 5.87. The van der Waals surface area contributed by atoms with E-state index in [1.807, 2.05) is 31.2 Å². The number of halogens is 1. The number of benzene rings is 1. The maximum absolute atomic E-state index is 11.9. The van der Waals surface area contributed by atoms with Crippen LogP contribution in [-0.4, -0.2) is 25.1 Å². The Balaban J connectivity index is 3.03. The molecule has 0 heterocycles. The number of aryl methyl sites for hydroxylation is 1. The molecular weight excluding hydrogens is 226 g/mol. The summed E-state index contributed by atoms with van der Waals surface area (Å²) in [5.41, 5.74) is 1.85. The number of alkyl halides is 1. The van der Waals surface area contributed by atoms with E-state index in [2.05, 4.69) is 0 Å². The number of carbonyl (C=O) groups excluding carboxylic acids is 1. The molecule has 1 unspecified atom stereocenters. The van der Waals surface area contributed by atoms with Crippen molar-refractivity contribution in [3.05, 3.63) is 29.8 Å². The lowest BCUT2D eigenvalue weighted by Gasteiger charge is -2.24. The molecule has 16 heavy (non-hydrogen) atoms. The molecule has 0 saturated heterocycles. The molecule has 1 atom stereocenters. The molecule has 0 fully saturated rings. The number of anilines is 1. The van der Waals surface area contributed by atoms with Crippen LogP contribution in [0.15, 0.2) is 24.3 Å². The van der Waals surface area contributed by atoms with Crippen LogP contribution in [0.25, 0.3) is 0 Å². The monoisotopic (exact) mass is 241 g/mol. The molecule has 0 spiro atoms. The van der Waals surface area contributed by atoms with Crippen LogP contribution in [0.3, 0.4) is 0 Å². The zero-order valence-electron chi connectivity index (χ0n) is 9.74. The summed E-state index contributed by atoms with van der Waals surface area (Å²) in [6.07, 6.45) is 0. The predicted octanol–water partition coefficient (Wildman–Crippen LogP) is 2.56. The zero-order chi connectivity index (χ0) is 12.1. The van der Waals surface area contributed by atoms with Crippen molar-refractivity contribution in [2.24, 2.45) is 0 Å². The van der Waals surface area contributed by atoms with Gasteiger partial charge in [0.2, 0.25) is 5.91 Å². The van der Waals surface area contributed by atoms with Gasteiger partial charge < -0.3 is 4.74 Å². The van der Waals surface area contributed by atoms with Gasteiger partial charge in [-0.3, -0.25) is 9.69 Å². The Bertz CT molecular complexity index is 366. The number of para-hydroxylation sites is 1. The summed E-state index contributed by atoms with van der Waals surface area (Å²) in [4.78, 5) is 13.4. The highest BCUT2D eigenvalue weighted by Crippen LogP contribution is 2.20. The van der Waals surface area contributed by atoms with Gasteiger partial charge in [-0.05, 0) is 25.5 Å². The highest BCUT2D eigenvalue weighted by Gasteiger charge is 2.20. The van der Waals surface area contributed by atoms with Crippen molar-refractivity contribution in [2.75, 3.05) is 18.7 Å². The number of carbonyl (C=O) groups is 1. The third-order valence-electron chi connectivity index (χ3n) is 2.27. The zero-order valence-corrected chi connectivity index (χ0v) is 10.5. The van der Waals surface area contributed by atoms with Crippen LogP contribution in [0.4, 0.5) is 5.69 Å². The molecular formula is C12H16ClNO2. The molecule has 0 aliphatic carbocycles. The fraction of sp³-hybridized carbons (Fsp3) is 0.417. The molecule has 88 valence electrons. The average Bonchev–Trinajstić information content (AvgIpc) is 2.26. The number of amides is 1. The number of rotatable bonds is 4. The first-order valence-corrected chi connectivity index (χ1v) is 5.51. The molecule has 0 aliphatic heterocycles. The van der Waals surface area contributed by atoms with Crippen LogP contribution < -0.4 is 4.90 Å². The van der Waals surface area contributed by atoms with E-state index in [1.54, 1.807) is 18.9 Å². The quantitative estimate of drug-likeness (QED) is 0.599. The normalized spacial score (nSPS) is 12.2. The molecule has 3 nitrogen and oxygen atoms in total. The molecule has 1 aromatic carbocycles. The Morgan fingerprint density at radius 2 is 2.12 bits per heavy atom. The van der Waals surface area contributed by atoms with Crippen LogP contribution in [0.1, 0.15) is 12.5 Å². The summed E-state index contributed by atoms with van der Waals surface area (Å²) in [6, 6.07) is 7.64. The second-order valence-electron chi connectivity index (χ2n) is 3.59. The van der Waals surface area contributed by atoms with Crippen molar-refractivity contribution in [1.29, 1.82) is 0 Å². The van der Waals surface area contributed by atoms with Crippen molar-refractivity contribution in [3.8, 4) is 0 Å². The Labute approximate surface area is 101 Å². The number of nitrogens with zero attached hydrogens (tertiary/aromatic N) is 1. The minimum atomic E-state index is -0.560. The molecule has 0 radical (unpaired) electrons. The first kappa shape index (κ1) is 13.0. The first-order chi connectivity index (χ1) is 7.57. The summed E-state index contributed by atoms with van der Waals surface area (Å²) in [5, 5.41) is -0.560. The van der Waals surface area contributed by atoms with Gasteiger partial charge in [0.05, 0.1) is 0 Å². The number of methoxy groups -OCH3 is 1. The van der Waals surface area contributed by atoms with Gasteiger partial charge in [-0.25, -0.2) is 0 Å². The Morgan fingerprint density at radius 3 is 2.62 bits per heavy atom.